The van der Waals surface area contributed by atoms with E-state index in [2.05, 4.69) is 39.3 Å². The molecule has 1 aromatic heterocycles. The molecule has 18 heteroatoms. The molecule has 79 heavy (non-hydrogen) atoms. The summed E-state index contributed by atoms with van der Waals surface area (Å²) in [5.41, 5.74) is 4.18. The quantitative estimate of drug-likeness (QED) is 0.0682. The lowest BCUT2D eigenvalue weighted by atomic mass is 9.92. The van der Waals surface area contributed by atoms with E-state index in [4.69, 9.17) is 37.7 Å². The van der Waals surface area contributed by atoms with Crippen LogP contribution < -0.4 is 20.7 Å². The molecule has 7 rings (SSSR count). The van der Waals surface area contributed by atoms with Crippen molar-refractivity contribution < 1.29 is 33.4 Å². The molecule has 0 unspecified atom stereocenters. The van der Waals surface area contributed by atoms with Gasteiger partial charge in [-0.15, -0.1) is 0 Å². The third-order valence-corrected chi connectivity index (χ3v) is 15.7. The molecule has 5 aromatic rings. The first-order valence-electron chi connectivity index (χ1n) is 27.7. The molecule has 2 aliphatic heterocycles. The molecule has 16 nitrogen and oxygen atoms in total. The van der Waals surface area contributed by atoms with Crippen molar-refractivity contribution in [1.82, 2.24) is 45.1 Å². The van der Waals surface area contributed by atoms with Crippen LogP contribution in [-0.4, -0.2) is 143 Å². The van der Waals surface area contributed by atoms with Crippen molar-refractivity contribution in [3.63, 3.8) is 0 Å². The fraction of sp³-hybridized carbons (Fsp3) is 0.475. The summed E-state index contributed by atoms with van der Waals surface area (Å²) in [5, 5.41) is 10.4. The molecule has 0 saturated carbocycles. The zero-order valence-electron chi connectivity index (χ0n) is 46.9. The van der Waals surface area contributed by atoms with Crippen LogP contribution in [0.5, 0.6) is 11.5 Å². The molecule has 424 valence electrons. The Hall–Kier alpha value is -6.30. The van der Waals surface area contributed by atoms with Crippen molar-refractivity contribution in [1.29, 1.82) is 0 Å². The number of hydrogen-bond donors (Lipinski definition) is 3. The van der Waals surface area contributed by atoms with Crippen LogP contribution in [0.3, 0.4) is 0 Å². The molecule has 2 aliphatic rings. The van der Waals surface area contributed by atoms with Gasteiger partial charge in [0, 0.05) is 86.9 Å². The number of carbonyl (C=O) groups excluding carboxylic acids is 5. The number of nitrogens with zero attached hydrogens (tertiary/aromatic N) is 6. The Kier molecular flexibility index (Phi) is 22.3. The second kappa shape index (κ2) is 29.2. The number of aromatic nitrogens is 2. The van der Waals surface area contributed by atoms with Gasteiger partial charge in [-0.05, 0) is 125 Å². The summed E-state index contributed by atoms with van der Waals surface area (Å²) < 4.78 is 14.2. The fourth-order valence-corrected chi connectivity index (χ4v) is 10.7. The summed E-state index contributed by atoms with van der Waals surface area (Å²) in [4.78, 5) is 85.9. The van der Waals surface area contributed by atoms with Crippen molar-refractivity contribution in [2.45, 2.75) is 122 Å². The second-order valence-corrected chi connectivity index (χ2v) is 22.3. The maximum atomic E-state index is 15.4. The predicted octanol–water partition coefficient (Wildman–Crippen LogP) is 8.46. The topological polar surface area (TPSA) is 171 Å². The number of nitrogens with one attached hydrogen (secondary N) is 3. The Morgan fingerprint density at radius 3 is 2.15 bits per heavy atom. The van der Waals surface area contributed by atoms with Crippen LogP contribution in [0.15, 0.2) is 103 Å². The number of unbranched alkanes of at least 4 members (excludes halogenated alkanes) is 1. The van der Waals surface area contributed by atoms with E-state index in [1.54, 1.807) is 56.3 Å². The smallest absolute Gasteiger partial charge is 0.247 e. The lowest BCUT2D eigenvalue weighted by Gasteiger charge is -2.35. The minimum atomic E-state index is -1.20. The van der Waals surface area contributed by atoms with Gasteiger partial charge in [-0.1, -0.05) is 92.0 Å². The van der Waals surface area contributed by atoms with Crippen LogP contribution in [0.1, 0.15) is 88.2 Å². The van der Waals surface area contributed by atoms with Gasteiger partial charge in [0.25, 0.3) is 0 Å². The molecule has 3 heterocycles. The molecule has 0 bridgehead atoms. The molecule has 2 fully saturated rings. The standard InChI is InChI=1S/C61H79Cl2N9O7/c1-41(2)64-28-12-11-17-50-36-66-57(73)35-51(32-44-18-23-48(62)24-19-44)69(5)61(77)53(40-78-7)67-59(75)42(3)72(58(74)33-47(60(76)68(50)4)31-43-15-9-8-10-16-43)38-46-20-25-49(63)34-55(46)79-52-26-21-45(22-27-52)54-37-65-56(70(54)6)39-71-29-13-14-30-71/h8-10,15-16,18-27,34,37,41-42,47,50-51,53,64H,11-14,17,28-33,35-36,38-40H2,1-7H3,(H,66,73)(H,67,75)/t42-,47+,50-,51-,53-/m0/s1. The molecule has 0 spiro atoms. The Morgan fingerprint density at radius 2 is 1.46 bits per heavy atom. The summed E-state index contributed by atoms with van der Waals surface area (Å²) in [6, 6.07) is 26.4. The van der Waals surface area contributed by atoms with Gasteiger partial charge in [0.15, 0.2) is 0 Å². The number of ether oxygens (including phenoxy) is 2. The number of rotatable bonds is 19. The number of likely N-dealkylation sites (N-methyl/N-ethyl adjacent to an activating group) is 2. The highest BCUT2D eigenvalue weighted by Crippen LogP contribution is 2.33. The summed E-state index contributed by atoms with van der Waals surface area (Å²) in [6.45, 7) is 9.35. The Balaban J connectivity index is 1.23. The Labute approximate surface area is 476 Å². The fourth-order valence-electron chi connectivity index (χ4n) is 10.4. The summed E-state index contributed by atoms with van der Waals surface area (Å²) in [7, 11) is 6.81. The third kappa shape index (κ3) is 17.1. The van der Waals surface area contributed by atoms with Crippen molar-refractivity contribution in [3.8, 4) is 22.8 Å². The third-order valence-electron chi connectivity index (χ3n) is 15.3. The van der Waals surface area contributed by atoms with Crippen molar-refractivity contribution in [2.24, 2.45) is 13.0 Å². The minimum Gasteiger partial charge on any atom is -0.457 e. The highest BCUT2D eigenvalue weighted by Gasteiger charge is 2.37. The summed E-state index contributed by atoms with van der Waals surface area (Å²) in [5.74, 6) is -1.17. The van der Waals surface area contributed by atoms with Gasteiger partial charge in [-0.2, -0.15) is 0 Å². The van der Waals surface area contributed by atoms with Crippen LogP contribution >= 0.6 is 23.2 Å². The highest BCUT2D eigenvalue weighted by molar-refractivity contribution is 6.31. The molecule has 5 amide bonds. The molecule has 3 N–H and O–H groups in total. The van der Waals surface area contributed by atoms with Gasteiger partial charge in [0.2, 0.25) is 29.5 Å². The second-order valence-electron chi connectivity index (χ2n) is 21.4. The number of hydrogen-bond acceptors (Lipinski definition) is 10. The number of imidazole rings is 1. The first-order chi connectivity index (χ1) is 38.0. The van der Waals surface area contributed by atoms with Gasteiger partial charge in [0.1, 0.15) is 29.4 Å². The van der Waals surface area contributed by atoms with E-state index in [0.717, 1.165) is 67.2 Å². The van der Waals surface area contributed by atoms with Crippen LogP contribution in [0.2, 0.25) is 10.0 Å². The lowest BCUT2D eigenvalue weighted by molar-refractivity contribution is -0.147. The minimum absolute atomic E-state index is 0.0731. The average Bonchev–Trinajstić information content (AvgIpc) is 4.13. The number of halogens is 2. The van der Waals surface area contributed by atoms with Gasteiger partial charge in [0.05, 0.1) is 37.5 Å². The van der Waals surface area contributed by atoms with Crippen LogP contribution in [0.4, 0.5) is 0 Å². The Morgan fingerprint density at radius 1 is 0.772 bits per heavy atom. The zero-order valence-corrected chi connectivity index (χ0v) is 48.4. The first-order valence-corrected chi connectivity index (χ1v) is 28.4. The van der Waals surface area contributed by atoms with Gasteiger partial charge in [-0.3, -0.25) is 28.9 Å². The zero-order chi connectivity index (χ0) is 56.6. The normalized spacial score (nSPS) is 20.6. The van der Waals surface area contributed by atoms with E-state index in [1.165, 1.54) is 29.8 Å². The van der Waals surface area contributed by atoms with E-state index in [-0.39, 0.29) is 50.8 Å². The molecule has 4 aromatic carbocycles. The maximum absolute atomic E-state index is 15.4. The van der Waals surface area contributed by atoms with Crippen molar-refractivity contribution in [3.05, 3.63) is 136 Å². The number of benzene rings is 4. The highest BCUT2D eigenvalue weighted by atomic mass is 35.5. The maximum Gasteiger partial charge on any atom is 0.247 e. The van der Waals surface area contributed by atoms with E-state index < -0.39 is 47.8 Å². The number of carbonyl (C=O) groups is 5. The van der Waals surface area contributed by atoms with Crippen molar-refractivity contribution >= 4 is 52.7 Å². The molecule has 5 atom stereocenters. The van der Waals surface area contributed by atoms with Crippen LogP contribution in [0, 0.1) is 5.92 Å². The van der Waals surface area contributed by atoms with E-state index in [1.807, 2.05) is 80.0 Å². The lowest BCUT2D eigenvalue weighted by Crippen LogP contribution is -2.57. The summed E-state index contributed by atoms with van der Waals surface area (Å²) >= 11 is 12.9. The van der Waals surface area contributed by atoms with Crippen LogP contribution in [0.25, 0.3) is 11.3 Å². The van der Waals surface area contributed by atoms with Crippen LogP contribution in [-0.2, 0) is 61.7 Å². The largest absolute Gasteiger partial charge is 0.457 e. The molecule has 0 radical (unpaired) electrons. The van der Waals surface area contributed by atoms with E-state index in [9.17, 15) is 14.4 Å². The number of likely N-dealkylation sites (tertiary alicyclic amines) is 1. The molecular weight excluding hydrogens is 1040 g/mol. The first kappa shape index (κ1) is 60.3. The Bertz CT molecular complexity index is 2810. The number of amides is 5. The summed E-state index contributed by atoms with van der Waals surface area (Å²) in [6.07, 6.45) is 6.67. The monoisotopic (exact) mass is 1120 g/mol. The van der Waals surface area contributed by atoms with Gasteiger partial charge >= 0.3 is 0 Å². The molecule has 2 saturated heterocycles. The molecular formula is C61H79Cl2N9O7. The number of methoxy groups -OCH3 is 1. The predicted molar refractivity (Wildman–Crippen MR) is 310 cm³/mol. The van der Waals surface area contributed by atoms with Gasteiger partial charge in [-0.25, -0.2) is 4.98 Å². The van der Waals surface area contributed by atoms with Gasteiger partial charge < -0.3 is 44.7 Å². The van der Waals surface area contributed by atoms with Crippen molar-refractivity contribution in [2.75, 3.05) is 54.0 Å². The van der Waals surface area contributed by atoms with E-state index in [0.29, 0.717) is 46.0 Å². The SMILES string of the molecule is COC[C@@H]1NC(=O)[C@H](C)N(Cc2ccc(Cl)cc2Oc2ccc(-c3cnc(CN4CCCC4)n3C)cc2)C(=O)C[C@@H](Cc2ccccc2)C(=O)N(C)[C@@H](CCCCNC(C)C)CNC(=O)C[C@H](Cc2ccc(Cl)cc2)N(C)C1=O. The molecule has 0 aliphatic carbocycles. The van der Waals surface area contributed by atoms with E-state index >= 15 is 9.59 Å². The average molecular weight is 1120 g/mol.